The molecule has 1 heterocycles. The summed E-state index contributed by atoms with van der Waals surface area (Å²) in [5.74, 6) is -0.572. The Kier molecular flexibility index (Phi) is 4.27. The third-order valence-electron chi connectivity index (χ3n) is 4.55. The lowest BCUT2D eigenvalue weighted by molar-refractivity contribution is -0.150. The SMILES string of the molecule is CC(C)C1CCN(C(=O)C2CC=CCC2C(=O)O)C1. The molecule has 0 aromatic carbocycles. The summed E-state index contributed by atoms with van der Waals surface area (Å²) in [6.45, 7) is 5.95. The molecule has 19 heavy (non-hydrogen) atoms. The van der Waals surface area contributed by atoms with Gasteiger partial charge in [0, 0.05) is 13.1 Å². The summed E-state index contributed by atoms with van der Waals surface area (Å²) in [7, 11) is 0. The first-order chi connectivity index (χ1) is 9.00. The molecule has 0 aromatic heterocycles. The highest BCUT2D eigenvalue weighted by Gasteiger charge is 2.38. The van der Waals surface area contributed by atoms with Gasteiger partial charge in [-0.25, -0.2) is 0 Å². The molecular weight excluding hydrogens is 242 g/mol. The molecule has 1 saturated heterocycles. The molecule has 0 radical (unpaired) electrons. The van der Waals surface area contributed by atoms with E-state index in [1.54, 1.807) is 0 Å². The van der Waals surface area contributed by atoms with Gasteiger partial charge in [0.25, 0.3) is 0 Å². The molecule has 0 saturated carbocycles. The van der Waals surface area contributed by atoms with Crippen molar-refractivity contribution in [1.82, 2.24) is 4.90 Å². The lowest BCUT2D eigenvalue weighted by Crippen LogP contribution is -2.41. The second-order valence-electron chi connectivity index (χ2n) is 6.07. The van der Waals surface area contributed by atoms with Crippen LogP contribution in [-0.4, -0.2) is 35.0 Å². The minimum Gasteiger partial charge on any atom is -0.481 e. The van der Waals surface area contributed by atoms with Crippen LogP contribution in [0, 0.1) is 23.7 Å². The van der Waals surface area contributed by atoms with E-state index in [-0.39, 0.29) is 11.8 Å². The third kappa shape index (κ3) is 2.99. The molecule has 0 aromatic rings. The monoisotopic (exact) mass is 265 g/mol. The summed E-state index contributed by atoms with van der Waals surface area (Å²) in [6.07, 6.45) is 5.91. The number of carbonyl (C=O) groups is 2. The van der Waals surface area contributed by atoms with Gasteiger partial charge in [-0.15, -0.1) is 0 Å². The second-order valence-corrected chi connectivity index (χ2v) is 6.07. The second kappa shape index (κ2) is 5.76. The zero-order valence-electron chi connectivity index (χ0n) is 11.7. The largest absolute Gasteiger partial charge is 0.481 e. The van der Waals surface area contributed by atoms with E-state index >= 15 is 0 Å². The van der Waals surface area contributed by atoms with Crippen molar-refractivity contribution in [2.24, 2.45) is 23.7 Å². The first-order valence-corrected chi connectivity index (χ1v) is 7.17. The normalized spacial score (nSPS) is 30.9. The van der Waals surface area contributed by atoms with Gasteiger partial charge in [0.05, 0.1) is 11.8 Å². The Bertz CT molecular complexity index is 389. The van der Waals surface area contributed by atoms with Crippen LogP contribution in [0.15, 0.2) is 12.2 Å². The molecule has 1 aliphatic heterocycles. The topological polar surface area (TPSA) is 57.6 Å². The predicted octanol–water partition coefficient (Wildman–Crippen LogP) is 2.16. The molecule has 0 spiro atoms. The number of nitrogens with zero attached hydrogens (tertiary/aromatic N) is 1. The summed E-state index contributed by atoms with van der Waals surface area (Å²) >= 11 is 0. The number of carbonyl (C=O) groups excluding carboxylic acids is 1. The first kappa shape index (κ1) is 14.1. The van der Waals surface area contributed by atoms with E-state index in [0.29, 0.717) is 24.7 Å². The maximum atomic E-state index is 12.5. The van der Waals surface area contributed by atoms with Gasteiger partial charge >= 0.3 is 5.97 Å². The minimum absolute atomic E-state index is 0.0416. The molecular formula is C15H23NO3. The van der Waals surface area contributed by atoms with Crippen LogP contribution in [0.5, 0.6) is 0 Å². The van der Waals surface area contributed by atoms with E-state index in [4.69, 9.17) is 0 Å². The van der Waals surface area contributed by atoms with Gasteiger partial charge in [0.2, 0.25) is 5.91 Å². The van der Waals surface area contributed by atoms with Crippen LogP contribution in [0.2, 0.25) is 0 Å². The maximum absolute atomic E-state index is 12.5. The molecule has 106 valence electrons. The Morgan fingerprint density at radius 2 is 1.84 bits per heavy atom. The fourth-order valence-electron chi connectivity index (χ4n) is 3.13. The lowest BCUT2D eigenvalue weighted by atomic mass is 9.82. The number of amides is 1. The highest BCUT2D eigenvalue weighted by atomic mass is 16.4. The van der Waals surface area contributed by atoms with Crippen LogP contribution in [-0.2, 0) is 9.59 Å². The number of carboxylic acid groups (broad SMARTS) is 1. The van der Waals surface area contributed by atoms with Crippen LogP contribution in [0.25, 0.3) is 0 Å². The van der Waals surface area contributed by atoms with E-state index in [1.165, 1.54) is 0 Å². The van der Waals surface area contributed by atoms with Crippen molar-refractivity contribution in [2.45, 2.75) is 33.1 Å². The van der Waals surface area contributed by atoms with Gasteiger partial charge in [-0.3, -0.25) is 9.59 Å². The molecule has 3 atom stereocenters. The number of rotatable bonds is 3. The standard InChI is InChI=1S/C15H23NO3/c1-10(2)11-7-8-16(9-11)14(17)12-5-3-4-6-13(12)15(18)19/h3-4,10-13H,5-9H2,1-2H3,(H,18,19). The zero-order valence-corrected chi connectivity index (χ0v) is 11.7. The Balaban J connectivity index is 2.03. The Labute approximate surface area is 114 Å². The van der Waals surface area contributed by atoms with E-state index in [1.807, 2.05) is 17.1 Å². The zero-order chi connectivity index (χ0) is 14.0. The number of hydrogen-bond acceptors (Lipinski definition) is 2. The molecule has 1 aliphatic carbocycles. The fraction of sp³-hybridized carbons (Fsp3) is 0.733. The van der Waals surface area contributed by atoms with Crippen LogP contribution in [0.4, 0.5) is 0 Å². The van der Waals surface area contributed by atoms with E-state index in [0.717, 1.165) is 19.5 Å². The van der Waals surface area contributed by atoms with Gasteiger partial charge in [-0.1, -0.05) is 26.0 Å². The Morgan fingerprint density at radius 3 is 2.37 bits per heavy atom. The van der Waals surface area contributed by atoms with Gasteiger partial charge in [0.15, 0.2) is 0 Å². The summed E-state index contributed by atoms with van der Waals surface area (Å²) < 4.78 is 0. The van der Waals surface area contributed by atoms with Crippen molar-refractivity contribution in [3.05, 3.63) is 12.2 Å². The molecule has 2 rings (SSSR count). The molecule has 3 unspecified atom stereocenters. The van der Waals surface area contributed by atoms with Crippen LogP contribution in [0.3, 0.4) is 0 Å². The van der Waals surface area contributed by atoms with Crippen molar-refractivity contribution in [3.63, 3.8) is 0 Å². The van der Waals surface area contributed by atoms with Gasteiger partial charge < -0.3 is 10.0 Å². The fourth-order valence-corrected chi connectivity index (χ4v) is 3.13. The first-order valence-electron chi connectivity index (χ1n) is 7.17. The highest BCUT2D eigenvalue weighted by Crippen LogP contribution is 2.31. The van der Waals surface area contributed by atoms with Crippen LogP contribution < -0.4 is 0 Å². The average molecular weight is 265 g/mol. The summed E-state index contributed by atoms with van der Waals surface area (Å²) in [5, 5.41) is 9.24. The molecule has 1 fully saturated rings. The molecule has 2 aliphatic rings. The number of allylic oxidation sites excluding steroid dienone is 2. The summed E-state index contributed by atoms with van der Waals surface area (Å²) in [5.41, 5.74) is 0. The third-order valence-corrected chi connectivity index (χ3v) is 4.55. The van der Waals surface area contributed by atoms with E-state index < -0.39 is 11.9 Å². The maximum Gasteiger partial charge on any atom is 0.307 e. The summed E-state index contributed by atoms with van der Waals surface area (Å²) in [6, 6.07) is 0. The van der Waals surface area contributed by atoms with Crippen molar-refractivity contribution in [2.75, 3.05) is 13.1 Å². The highest BCUT2D eigenvalue weighted by molar-refractivity contribution is 5.85. The number of aliphatic carboxylic acids is 1. The molecule has 4 nitrogen and oxygen atoms in total. The van der Waals surface area contributed by atoms with Crippen molar-refractivity contribution < 1.29 is 14.7 Å². The molecule has 0 bridgehead atoms. The van der Waals surface area contributed by atoms with E-state index in [2.05, 4.69) is 13.8 Å². The van der Waals surface area contributed by atoms with Crippen molar-refractivity contribution in [3.8, 4) is 0 Å². The van der Waals surface area contributed by atoms with Gasteiger partial charge in [-0.05, 0) is 31.1 Å². The van der Waals surface area contributed by atoms with Gasteiger partial charge in [-0.2, -0.15) is 0 Å². The average Bonchev–Trinajstić information content (AvgIpc) is 2.87. The number of hydrogen-bond donors (Lipinski definition) is 1. The predicted molar refractivity (Wildman–Crippen MR) is 72.5 cm³/mol. The number of likely N-dealkylation sites (tertiary alicyclic amines) is 1. The summed E-state index contributed by atoms with van der Waals surface area (Å²) in [4.78, 5) is 25.6. The molecule has 1 N–H and O–H groups in total. The smallest absolute Gasteiger partial charge is 0.307 e. The van der Waals surface area contributed by atoms with Crippen LogP contribution >= 0.6 is 0 Å². The molecule has 1 amide bonds. The quantitative estimate of drug-likeness (QED) is 0.795. The lowest BCUT2D eigenvalue weighted by Gasteiger charge is -2.29. The van der Waals surface area contributed by atoms with E-state index in [9.17, 15) is 14.7 Å². The van der Waals surface area contributed by atoms with Crippen LogP contribution in [0.1, 0.15) is 33.1 Å². The van der Waals surface area contributed by atoms with Gasteiger partial charge in [0.1, 0.15) is 0 Å². The van der Waals surface area contributed by atoms with Crippen molar-refractivity contribution >= 4 is 11.9 Å². The molecule has 4 heteroatoms. The Hall–Kier alpha value is -1.32. The minimum atomic E-state index is -0.845. The van der Waals surface area contributed by atoms with Crippen molar-refractivity contribution in [1.29, 1.82) is 0 Å². The Morgan fingerprint density at radius 1 is 1.21 bits per heavy atom. The number of carboxylic acids is 1.